The molecule has 0 amide bonds. The highest BCUT2D eigenvalue weighted by molar-refractivity contribution is 5.34. The lowest BCUT2D eigenvalue weighted by atomic mass is 9.98. The molecule has 2 nitrogen and oxygen atoms in total. The monoisotopic (exact) mass is 189 g/mol. The van der Waals surface area contributed by atoms with Gasteiger partial charge in [0.15, 0.2) is 0 Å². The summed E-state index contributed by atoms with van der Waals surface area (Å²) in [5, 5.41) is 13.5. The quantitative estimate of drug-likeness (QED) is 0.740. The van der Waals surface area contributed by atoms with Crippen molar-refractivity contribution in [3.05, 3.63) is 35.4 Å². The lowest BCUT2D eigenvalue weighted by Gasteiger charge is -2.18. The van der Waals surface area contributed by atoms with Crippen LogP contribution < -0.4 is 5.32 Å². The van der Waals surface area contributed by atoms with Gasteiger partial charge in [-0.05, 0) is 29.9 Å². The Balaban J connectivity index is 1.89. The molecule has 14 heavy (non-hydrogen) atoms. The Morgan fingerprint density at radius 3 is 2.86 bits per heavy atom. The van der Waals surface area contributed by atoms with Crippen LogP contribution in [0.5, 0.6) is 0 Å². The number of nitrogens with one attached hydrogen (secondary N) is 1. The van der Waals surface area contributed by atoms with E-state index in [4.69, 9.17) is 0 Å². The zero-order valence-corrected chi connectivity index (χ0v) is 8.11. The highest BCUT2D eigenvalue weighted by atomic mass is 16.3. The van der Waals surface area contributed by atoms with Crippen LogP contribution in [0.15, 0.2) is 24.3 Å². The van der Waals surface area contributed by atoms with E-state index >= 15 is 0 Å². The molecule has 0 bridgehead atoms. The van der Waals surface area contributed by atoms with Crippen molar-refractivity contribution in [3.8, 4) is 0 Å². The van der Waals surface area contributed by atoms with Crippen molar-refractivity contribution < 1.29 is 5.11 Å². The van der Waals surface area contributed by atoms with Crippen LogP contribution in [-0.4, -0.2) is 11.2 Å². The normalized spacial score (nSPS) is 27.4. The molecule has 1 aromatic carbocycles. The minimum absolute atomic E-state index is 0.179. The summed E-state index contributed by atoms with van der Waals surface area (Å²) < 4.78 is 0. The molecule has 3 rings (SSSR count). The fraction of sp³-hybridized carbons (Fsp3) is 0.500. The van der Waals surface area contributed by atoms with E-state index in [2.05, 4.69) is 29.6 Å². The molecule has 74 valence electrons. The fourth-order valence-electron chi connectivity index (χ4n) is 2.34. The van der Waals surface area contributed by atoms with Gasteiger partial charge in [0.2, 0.25) is 0 Å². The van der Waals surface area contributed by atoms with Crippen molar-refractivity contribution in [1.82, 2.24) is 5.32 Å². The van der Waals surface area contributed by atoms with Gasteiger partial charge in [-0.25, -0.2) is 0 Å². The molecule has 1 heterocycles. The predicted octanol–water partition coefficient (Wildman–Crippen LogP) is 1.60. The molecule has 1 saturated carbocycles. The topological polar surface area (TPSA) is 32.3 Å². The lowest BCUT2D eigenvalue weighted by Crippen LogP contribution is -2.28. The van der Waals surface area contributed by atoms with E-state index in [9.17, 15) is 5.11 Å². The maximum absolute atomic E-state index is 10.1. The van der Waals surface area contributed by atoms with E-state index < -0.39 is 0 Å². The highest BCUT2D eigenvalue weighted by Gasteiger charge is 2.38. The average molecular weight is 189 g/mol. The second kappa shape index (κ2) is 3.07. The van der Waals surface area contributed by atoms with Crippen LogP contribution in [0.1, 0.15) is 30.0 Å². The molecule has 2 heteroatoms. The van der Waals surface area contributed by atoms with Gasteiger partial charge in [0, 0.05) is 6.54 Å². The van der Waals surface area contributed by atoms with E-state index in [1.54, 1.807) is 0 Å². The van der Waals surface area contributed by atoms with Crippen LogP contribution >= 0.6 is 0 Å². The Bertz CT molecular complexity index is 346. The smallest absolute Gasteiger partial charge is 0.0763 e. The van der Waals surface area contributed by atoms with Crippen molar-refractivity contribution in [3.63, 3.8) is 0 Å². The fourth-order valence-corrected chi connectivity index (χ4v) is 2.34. The third kappa shape index (κ3) is 1.26. The van der Waals surface area contributed by atoms with Crippen molar-refractivity contribution >= 4 is 0 Å². The summed E-state index contributed by atoms with van der Waals surface area (Å²) in [7, 11) is 0. The first-order chi connectivity index (χ1) is 6.86. The lowest BCUT2D eigenvalue weighted by molar-refractivity contribution is 0.110. The summed E-state index contributed by atoms with van der Waals surface area (Å²) in [6, 6.07) is 8.57. The average Bonchev–Trinajstić information content (AvgIpc) is 2.97. The van der Waals surface area contributed by atoms with Gasteiger partial charge in [0.25, 0.3) is 0 Å². The van der Waals surface area contributed by atoms with Crippen molar-refractivity contribution in [2.75, 3.05) is 0 Å². The number of rotatable bonds is 2. The maximum Gasteiger partial charge on any atom is 0.0763 e. The largest absolute Gasteiger partial charge is 0.391 e. The number of benzene rings is 1. The van der Waals surface area contributed by atoms with E-state index in [0.29, 0.717) is 5.92 Å². The number of aliphatic hydroxyl groups is 1. The molecule has 0 saturated heterocycles. The molecule has 1 aromatic rings. The summed E-state index contributed by atoms with van der Waals surface area (Å²) in [6.45, 7) is 0.907. The van der Waals surface area contributed by atoms with E-state index in [1.165, 1.54) is 24.0 Å². The molecular weight excluding hydrogens is 174 g/mol. The van der Waals surface area contributed by atoms with Gasteiger partial charge < -0.3 is 10.4 Å². The van der Waals surface area contributed by atoms with E-state index in [1.807, 2.05) is 0 Å². The van der Waals surface area contributed by atoms with E-state index in [-0.39, 0.29) is 12.1 Å². The van der Waals surface area contributed by atoms with Gasteiger partial charge >= 0.3 is 0 Å². The minimum atomic E-state index is -0.182. The van der Waals surface area contributed by atoms with Crippen LogP contribution in [0.4, 0.5) is 0 Å². The Labute approximate surface area is 84.0 Å². The maximum atomic E-state index is 10.1. The molecule has 2 N–H and O–H groups in total. The summed E-state index contributed by atoms with van der Waals surface area (Å²) in [4.78, 5) is 0. The van der Waals surface area contributed by atoms with Crippen LogP contribution in [0.2, 0.25) is 0 Å². The Kier molecular flexibility index (Phi) is 1.85. The molecule has 1 aliphatic carbocycles. The minimum Gasteiger partial charge on any atom is -0.391 e. The number of fused-ring (bicyclic) bond motifs is 1. The first-order valence-corrected chi connectivity index (χ1v) is 5.35. The van der Waals surface area contributed by atoms with Crippen LogP contribution in [0.25, 0.3) is 0 Å². The number of hydrogen-bond acceptors (Lipinski definition) is 2. The van der Waals surface area contributed by atoms with Crippen LogP contribution in [0.3, 0.4) is 0 Å². The zero-order valence-electron chi connectivity index (χ0n) is 8.11. The van der Waals surface area contributed by atoms with Crippen molar-refractivity contribution in [1.29, 1.82) is 0 Å². The van der Waals surface area contributed by atoms with Crippen molar-refractivity contribution in [2.24, 2.45) is 5.92 Å². The Hall–Kier alpha value is -0.860. The first-order valence-electron chi connectivity index (χ1n) is 5.35. The molecule has 1 aliphatic heterocycles. The molecule has 1 fully saturated rings. The third-order valence-electron chi connectivity index (χ3n) is 3.35. The molecule has 0 radical (unpaired) electrons. The van der Waals surface area contributed by atoms with Gasteiger partial charge in [-0.1, -0.05) is 24.3 Å². The molecule has 2 atom stereocenters. The summed E-state index contributed by atoms with van der Waals surface area (Å²) in [5.74, 6) is 0.540. The molecule has 0 aromatic heterocycles. The van der Waals surface area contributed by atoms with Gasteiger partial charge in [-0.2, -0.15) is 0 Å². The third-order valence-corrected chi connectivity index (χ3v) is 3.35. The SMILES string of the molecule is OC(C1CC1)C1NCc2ccccc21. The summed E-state index contributed by atoms with van der Waals surface area (Å²) in [6.07, 6.45) is 2.21. The molecule has 2 aliphatic rings. The van der Waals surface area contributed by atoms with Gasteiger partial charge in [0.05, 0.1) is 12.1 Å². The van der Waals surface area contributed by atoms with Crippen molar-refractivity contribution in [2.45, 2.75) is 31.5 Å². The zero-order chi connectivity index (χ0) is 9.54. The molecular formula is C12H15NO. The number of hydrogen-bond donors (Lipinski definition) is 2. The van der Waals surface area contributed by atoms with Crippen LogP contribution in [0, 0.1) is 5.92 Å². The highest BCUT2D eigenvalue weighted by Crippen LogP contribution is 2.40. The van der Waals surface area contributed by atoms with Gasteiger partial charge in [-0.15, -0.1) is 0 Å². The second-order valence-electron chi connectivity index (χ2n) is 4.39. The molecule has 2 unspecified atom stereocenters. The van der Waals surface area contributed by atoms with Gasteiger partial charge in [-0.3, -0.25) is 0 Å². The van der Waals surface area contributed by atoms with Crippen LogP contribution in [-0.2, 0) is 6.54 Å². The Morgan fingerprint density at radius 2 is 2.07 bits per heavy atom. The summed E-state index contributed by atoms with van der Waals surface area (Å²) >= 11 is 0. The first kappa shape index (κ1) is 8.45. The second-order valence-corrected chi connectivity index (χ2v) is 4.39. The predicted molar refractivity (Wildman–Crippen MR) is 54.8 cm³/mol. The number of aliphatic hydroxyl groups excluding tert-OH is 1. The summed E-state index contributed by atoms with van der Waals surface area (Å²) in [5.41, 5.74) is 2.64. The molecule has 0 spiro atoms. The van der Waals surface area contributed by atoms with Gasteiger partial charge in [0.1, 0.15) is 0 Å². The standard InChI is InChI=1S/C12H15NO/c14-12(8-5-6-8)11-10-4-2-1-3-9(10)7-13-11/h1-4,8,11-14H,5-7H2. The van der Waals surface area contributed by atoms with E-state index in [0.717, 1.165) is 6.54 Å². The Morgan fingerprint density at radius 1 is 1.29 bits per heavy atom.